The number of carbonyl (C=O) groups excluding carboxylic acids is 2. The number of hydrogen-bond donors (Lipinski definition) is 1. The van der Waals surface area contributed by atoms with Crippen LogP contribution >= 0.6 is 0 Å². The fourth-order valence-corrected chi connectivity index (χ4v) is 1.92. The third-order valence-electron chi connectivity index (χ3n) is 2.99. The van der Waals surface area contributed by atoms with Crippen LogP contribution in [0, 0.1) is 0 Å². The van der Waals surface area contributed by atoms with Crippen molar-refractivity contribution >= 4 is 11.7 Å². The zero-order chi connectivity index (χ0) is 13.5. The zero-order valence-electron chi connectivity index (χ0n) is 10.8. The molecule has 1 aromatic rings. The van der Waals surface area contributed by atoms with Gasteiger partial charge in [0.05, 0.1) is 0 Å². The van der Waals surface area contributed by atoms with E-state index in [1.54, 1.807) is 0 Å². The Hall–Kier alpha value is -2.16. The molecule has 0 aliphatic heterocycles. The van der Waals surface area contributed by atoms with Gasteiger partial charge in [0.1, 0.15) is 0 Å². The molecule has 3 heteroatoms. The van der Waals surface area contributed by atoms with Gasteiger partial charge in [-0.2, -0.15) is 0 Å². The van der Waals surface area contributed by atoms with Crippen LogP contribution in [0.1, 0.15) is 24.8 Å². The van der Waals surface area contributed by atoms with Crippen molar-refractivity contribution in [3.05, 3.63) is 59.8 Å². The summed E-state index contributed by atoms with van der Waals surface area (Å²) in [6.45, 7) is 0. The quantitative estimate of drug-likeness (QED) is 0.822. The number of amides is 1. The molecule has 0 bridgehead atoms. The second-order valence-corrected chi connectivity index (χ2v) is 4.50. The van der Waals surface area contributed by atoms with Crippen LogP contribution in [0.15, 0.2) is 54.3 Å². The van der Waals surface area contributed by atoms with Gasteiger partial charge in [0, 0.05) is 12.1 Å². The minimum atomic E-state index is -0.520. The Labute approximate surface area is 113 Å². The maximum absolute atomic E-state index is 11.7. The topological polar surface area (TPSA) is 46.2 Å². The first-order valence-corrected chi connectivity index (χ1v) is 6.50. The highest BCUT2D eigenvalue weighted by Gasteiger charge is 2.14. The van der Waals surface area contributed by atoms with E-state index in [0.717, 1.165) is 24.1 Å². The summed E-state index contributed by atoms with van der Waals surface area (Å²) in [6, 6.07) is 9.70. The third kappa shape index (κ3) is 4.21. The first-order valence-electron chi connectivity index (χ1n) is 6.50. The molecule has 0 heterocycles. The molecule has 2 rings (SSSR count). The highest BCUT2D eigenvalue weighted by Crippen LogP contribution is 2.07. The number of ketones is 1. The molecule has 0 unspecified atom stereocenters. The van der Waals surface area contributed by atoms with Crippen LogP contribution in [-0.4, -0.2) is 11.7 Å². The molecular formula is C16H17NO2. The molecule has 3 nitrogen and oxygen atoms in total. The Morgan fingerprint density at radius 2 is 1.89 bits per heavy atom. The summed E-state index contributed by atoms with van der Waals surface area (Å²) in [7, 11) is 0. The van der Waals surface area contributed by atoms with Crippen molar-refractivity contribution in [2.45, 2.75) is 25.7 Å². The van der Waals surface area contributed by atoms with Gasteiger partial charge >= 0.3 is 0 Å². The molecule has 0 fully saturated rings. The minimum absolute atomic E-state index is 0.243. The Morgan fingerprint density at radius 1 is 1.11 bits per heavy atom. The van der Waals surface area contributed by atoms with E-state index in [1.165, 1.54) is 0 Å². The number of nitrogens with one attached hydrogen (secondary N) is 1. The van der Waals surface area contributed by atoms with Crippen molar-refractivity contribution in [3.63, 3.8) is 0 Å². The van der Waals surface area contributed by atoms with Crippen molar-refractivity contribution in [1.29, 1.82) is 0 Å². The van der Waals surface area contributed by atoms with Crippen LogP contribution in [0.4, 0.5) is 0 Å². The van der Waals surface area contributed by atoms with Crippen molar-refractivity contribution in [3.8, 4) is 0 Å². The SMILES string of the molecule is O=C(CCc1ccccc1)C(=O)NC1=CCCC=C1. The van der Waals surface area contributed by atoms with Crippen LogP contribution in [0.25, 0.3) is 0 Å². The maximum Gasteiger partial charge on any atom is 0.291 e. The van der Waals surface area contributed by atoms with E-state index in [1.807, 2.05) is 48.6 Å². The van der Waals surface area contributed by atoms with Crippen LogP contribution < -0.4 is 5.32 Å². The fraction of sp³-hybridized carbons (Fsp3) is 0.250. The average Bonchev–Trinajstić information content (AvgIpc) is 2.47. The second kappa shape index (κ2) is 6.69. The van der Waals surface area contributed by atoms with Gasteiger partial charge in [-0.1, -0.05) is 42.5 Å². The van der Waals surface area contributed by atoms with Gasteiger partial charge < -0.3 is 5.32 Å². The van der Waals surface area contributed by atoms with Gasteiger partial charge in [-0.05, 0) is 30.9 Å². The summed E-state index contributed by atoms with van der Waals surface area (Å²) >= 11 is 0. The number of hydrogen-bond acceptors (Lipinski definition) is 2. The van der Waals surface area contributed by atoms with E-state index in [9.17, 15) is 9.59 Å². The van der Waals surface area contributed by atoms with Crippen LogP contribution in [0.2, 0.25) is 0 Å². The van der Waals surface area contributed by atoms with E-state index in [4.69, 9.17) is 0 Å². The highest BCUT2D eigenvalue weighted by molar-refractivity contribution is 6.36. The van der Waals surface area contributed by atoms with Crippen LogP contribution in [-0.2, 0) is 16.0 Å². The molecule has 1 amide bonds. The van der Waals surface area contributed by atoms with Crippen molar-refractivity contribution in [2.75, 3.05) is 0 Å². The zero-order valence-corrected chi connectivity index (χ0v) is 10.8. The Balaban J connectivity index is 1.81. The smallest absolute Gasteiger partial charge is 0.291 e. The Morgan fingerprint density at radius 3 is 2.58 bits per heavy atom. The Kier molecular flexibility index (Phi) is 4.67. The molecule has 98 valence electrons. The summed E-state index contributed by atoms with van der Waals surface area (Å²) in [5, 5.41) is 2.64. The number of rotatable bonds is 5. The Bertz CT molecular complexity index is 515. The molecule has 0 saturated heterocycles. The molecule has 0 spiro atoms. The van der Waals surface area contributed by atoms with Crippen LogP contribution in [0.5, 0.6) is 0 Å². The van der Waals surface area contributed by atoms with Crippen LogP contribution in [0.3, 0.4) is 0 Å². The van der Waals surface area contributed by atoms with E-state index < -0.39 is 5.91 Å². The van der Waals surface area contributed by atoms with Gasteiger partial charge in [-0.15, -0.1) is 0 Å². The third-order valence-corrected chi connectivity index (χ3v) is 2.99. The molecular weight excluding hydrogens is 238 g/mol. The largest absolute Gasteiger partial charge is 0.320 e. The first-order chi connectivity index (χ1) is 9.25. The van der Waals surface area contributed by atoms with Gasteiger partial charge in [-0.3, -0.25) is 9.59 Å². The first kappa shape index (κ1) is 13.3. The van der Waals surface area contributed by atoms with Gasteiger partial charge in [0.25, 0.3) is 5.91 Å². The lowest BCUT2D eigenvalue weighted by atomic mass is 10.1. The normalized spacial score (nSPS) is 13.8. The summed E-state index contributed by atoms with van der Waals surface area (Å²) in [6.07, 6.45) is 8.50. The van der Waals surface area contributed by atoms with E-state index >= 15 is 0 Å². The van der Waals surface area contributed by atoms with E-state index in [-0.39, 0.29) is 12.2 Å². The lowest BCUT2D eigenvalue weighted by molar-refractivity contribution is -0.137. The lowest BCUT2D eigenvalue weighted by Crippen LogP contribution is -2.30. The van der Waals surface area contributed by atoms with Gasteiger partial charge in [-0.25, -0.2) is 0 Å². The summed E-state index contributed by atoms with van der Waals surface area (Å²) in [5.41, 5.74) is 1.80. The number of benzene rings is 1. The second-order valence-electron chi connectivity index (χ2n) is 4.50. The summed E-state index contributed by atoms with van der Waals surface area (Å²) < 4.78 is 0. The lowest BCUT2D eigenvalue weighted by Gasteiger charge is -2.08. The van der Waals surface area contributed by atoms with Crippen molar-refractivity contribution < 1.29 is 9.59 Å². The molecule has 19 heavy (non-hydrogen) atoms. The molecule has 0 saturated carbocycles. The predicted octanol–water partition coefficient (Wildman–Crippen LogP) is 2.54. The van der Waals surface area contributed by atoms with Crippen molar-refractivity contribution in [1.82, 2.24) is 5.32 Å². The molecule has 1 N–H and O–H groups in total. The summed E-state index contributed by atoms with van der Waals surface area (Å²) in [4.78, 5) is 23.4. The average molecular weight is 255 g/mol. The standard InChI is InChI=1S/C16H17NO2/c18-15(12-11-13-7-3-1-4-8-13)16(19)17-14-9-5-2-6-10-14/h1,3-5,7-10H,2,6,11-12H2,(H,17,19). The monoisotopic (exact) mass is 255 g/mol. The molecule has 0 aromatic heterocycles. The fourth-order valence-electron chi connectivity index (χ4n) is 1.92. The highest BCUT2D eigenvalue weighted by atomic mass is 16.2. The van der Waals surface area contributed by atoms with Gasteiger partial charge in [0.15, 0.2) is 0 Å². The molecule has 1 aromatic carbocycles. The molecule has 1 aliphatic carbocycles. The maximum atomic E-state index is 11.7. The van der Waals surface area contributed by atoms with Gasteiger partial charge in [0.2, 0.25) is 5.78 Å². The molecule has 0 radical (unpaired) electrons. The predicted molar refractivity (Wildman–Crippen MR) is 74.4 cm³/mol. The number of allylic oxidation sites excluding steroid dienone is 3. The van der Waals surface area contributed by atoms with E-state index in [0.29, 0.717) is 6.42 Å². The summed E-state index contributed by atoms with van der Waals surface area (Å²) in [5.74, 6) is -0.891. The number of Topliss-reactive ketones (excluding diaryl/α,β-unsaturated/α-hetero) is 1. The number of carbonyl (C=O) groups is 2. The van der Waals surface area contributed by atoms with E-state index in [2.05, 4.69) is 5.32 Å². The molecule has 0 atom stereocenters. The minimum Gasteiger partial charge on any atom is -0.320 e. The number of aryl methyl sites for hydroxylation is 1. The van der Waals surface area contributed by atoms with Crippen molar-refractivity contribution in [2.24, 2.45) is 0 Å². The molecule has 1 aliphatic rings.